The monoisotopic (exact) mass is 422 g/mol. The van der Waals surface area contributed by atoms with Crippen molar-refractivity contribution in [2.45, 2.75) is 36.3 Å². The molecule has 0 bridgehead atoms. The second-order valence-electron chi connectivity index (χ2n) is 6.40. The summed E-state index contributed by atoms with van der Waals surface area (Å²) in [6, 6.07) is 8.54. The van der Waals surface area contributed by atoms with E-state index in [-0.39, 0.29) is 29.3 Å². The van der Waals surface area contributed by atoms with E-state index >= 15 is 0 Å². The summed E-state index contributed by atoms with van der Waals surface area (Å²) in [5.41, 5.74) is 1.07. The molecule has 0 amide bonds. The molecule has 0 aliphatic heterocycles. The number of rotatable bonds is 9. The van der Waals surface area contributed by atoms with E-state index in [2.05, 4.69) is 15.3 Å². The molecule has 8 nitrogen and oxygen atoms in total. The zero-order valence-corrected chi connectivity index (χ0v) is 17.3. The Kier molecular flexibility index (Phi) is 7.10. The van der Waals surface area contributed by atoms with Crippen molar-refractivity contribution in [3.8, 4) is 6.07 Å². The van der Waals surface area contributed by atoms with Crippen LogP contribution in [0.25, 0.3) is 0 Å². The van der Waals surface area contributed by atoms with Crippen LogP contribution in [0, 0.1) is 11.3 Å². The number of nitrogens with zero attached hydrogens (tertiary/aromatic N) is 3. The smallest absolute Gasteiger partial charge is 0.186 e. The summed E-state index contributed by atoms with van der Waals surface area (Å²) in [6.07, 6.45) is 4.47. The molecule has 28 heavy (non-hydrogen) atoms. The van der Waals surface area contributed by atoms with Gasteiger partial charge in [0.15, 0.2) is 15.7 Å². The number of hydrogen-bond acceptors (Lipinski definition) is 8. The van der Waals surface area contributed by atoms with Gasteiger partial charge in [0.1, 0.15) is 21.1 Å². The molecule has 2 aromatic rings. The van der Waals surface area contributed by atoms with Gasteiger partial charge in [-0.2, -0.15) is 5.26 Å². The summed E-state index contributed by atoms with van der Waals surface area (Å²) in [5.74, 6) is 0.0852. The highest BCUT2D eigenvalue weighted by atomic mass is 32.2. The predicted molar refractivity (Wildman–Crippen MR) is 107 cm³/mol. The second-order valence-corrected chi connectivity index (χ2v) is 10.9. The normalized spacial score (nSPS) is 12.9. The Labute approximate surface area is 165 Å². The fourth-order valence-electron chi connectivity index (χ4n) is 2.72. The molecule has 0 aliphatic carbocycles. The van der Waals surface area contributed by atoms with Crippen molar-refractivity contribution in [3.05, 3.63) is 42.4 Å². The second kappa shape index (κ2) is 9.12. The standard InChI is InChI=1S/C18H22N4O4S2/c1-3-16(5-4-10-27(2,23)24)28(25,26)17-12-20-13-21-18(17)22-15-8-6-14(11-19)7-9-15/h6-9,12-13,16H,3-5,10H2,1-2H3,(H,20,21,22). The van der Waals surface area contributed by atoms with Gasteiger partial charge in [-0.05, 0) is 43.5 Å². The van der Waals surface area contributed by atoms with Crippen molar-refractivity contribution in [1.29, 1.82) is 5.26 Å². The minimum Gasteiger partial charge on any atom is -0.339 e. The van der Waals surface area contributed by atoms with E-state index < -0.39 is 24.9 Å². The van der Waals surface area contributed by atoms with Crippen LogP contribution in [0.3, 0.4) is 0 Å². The summed E-state index contributed by atoms with van der Waals surface area (Å²) < 4.78 is 48.9. The van der Waals surface area contributed by atoms with Crippen LogP contribution in [-0.2, 0) is 19.7 Å². The Hall–Kier alpha value is -2.51. The lowest BCUT2D eigenvalue weighted by Crippen LogP contribution is -2.23. The van der Waals surface area contributed by atoms with Crippen LogP contribution in [0.2, 0.25) is 0 Å². The molecule has 0 spiro atoms. The van der Waals surface area contributed by atoms with Crippen LogP contribution in [0.5, 0.6) is 0 Å². The summed E-state index contributed by atoms with van der Waals surface area (Å²) in [5, 5.41) is 11.1. The van der Waals surface area contributed by atoms with Gasteiger partial charge in [-0.1, -0.05) is 6.92 Å². The van der Waals surface area contributed by atoms with Gasteiger partial charge in [0.25, 0.3) is 0 Å². The van der Waals surface area contributed by atoms with E-state index in [0.717, 1.165) is 6.26 Å². The fraction of sp³-hybridized carbons (Fsp3) is 0.389. The minimum absolute atomic E-state index is 0.0365. The Balaban J connectivity index is 2.28. The average Bonchev–Trinajstić information content (AvgIpc) is 2.65. The molecule has 0 saturated heterocycles. The first kappa shape index (κ1) is 21.8. The minimum atomic E-state index is -3.77. The third kappa shape index (κ3) is 5.74. The van der Waals surface area contributed by atoms with Crippen LogP contribution in [-0.4, -0.2) is 44.1 Å². The van der Waals surface area contributed by atoms with E-state index in [0.29, 0.717) is 17.7 Å². The van der Waals surface area contributed by atoms with Crippen molar-refractivity contribution < 1.29 is 16.8 Å². The largest absolute Gasteiger partial charge is 0.339 e. The molecule has 150 valence electrons. The van der Waals surface area contributed by atoms with E-state index in [1.807, 2.05) is 6.07 Å². The first-order valence-electron chi connectivity index (χ1n) is 8.66. The molecule has 1 N–H and O–H groups in total. The first-order valence-corrected chi connectivity index (χ1v) is 12.3. The molecule has 0 saturated carbocycles. The lowest BCUT2D eigenvalue weighted by Gasteiger charge is -2.18. The first-order chi connectivity index (χ1) is 13.2. The van der Waals surface area contributed by atoms with Crippen LogP contribution >= 0.6 is 0 Å². The number of nitrogens with one attached hydrogen (secondary N) is 1. The number of anilines is 2. The van der Waals surface area contributed by atoms with Gasteiger partial charge in [-0.25, -0.2) is 26.8 Å². The van der Waals surface area contributed by atoms with E-state index in [1.54, 1.807) is 31.2 Å². The van der Waals surface area contributed by atoms with Crippen LogP contribution < -0.4 is 5.32 Å². The van der Waals surface area contributed by atoms with Gasteiger partial charge in [0.05, 0.1) is 23.1 Å². The third-order valence-corrected chi connectivity index (χ3v) is 7.59. The van der Waals surface area contributed by atoms with Crippen molar-refractivity contribution in [2.24, 2.45) is 0 Å². The molecular weight excluding hydrogens is 400 g/mol. The van der Waals surface area contributed by atoms with Crippen LogP contribution in [0.15, 0.2) is 41.7 Å². The molecular formula is C18H22N4O4S2. The Morgan fingerprint density at radius 1 is 1.18 bits per heavy atom. The van der Waals surface area contributed by atoms with Crippen molar-refractivity contribution in [1.82, 2.24) is 9.97 Å². The molecule has 0 aliphatic rings. The van der Waals surface area contributed by atoms with Gasteiger partial charge in [0.2, 0.25) is 0 Å². The van der Waals surface area contributed by atoms with E-state index in [9.17, 15) is 16.8 Å². The lowest BCUT2D eigenvalue weighted by molar-refractivity contribution is 0.560. The van der Waals surface area contributed by atoms with E-state index in [4.69, 9.17) is 5.26 Å². The van der Waals surface area contributed by atoms with Crippen molar-refractivity contribution >= 4 is 31.2 Å². The van der Waals surface area contributed by atoms with Crippen LogP contribution in [0.4, 0.5) is 11.5 Å². The van der Waals surface area contributed by atoms with Crippen LogP contribution in [0.1, 0.15) is 31.7 Å². The predicted octanol–water partition coefficient (Wildman–Crippen LogP) is 2.47. The maximum Gasteiger partial charge on any atom is 0.186 e. The third-order valence-electron chi connectivity index (χ3n) is 4.20. The maximum absolute atomic E-state index is 13.1. The summed E-state index contributed by atoms with van der Waals surface area (Å²) in [4.78, 5) is 7.87. The molecule has 1 unspecified atom stereocenters. The SMILES string of the molecule is CCC(CCCS(C)(=O)=O)S(=O)(=O)c1cncnc1Nc1ccc(C#N)cc1. The topological polar surface area (TPSA) is 130 Å². The van der Waals surface area contributed by atoms with Gasteiger partial charge < -0.3 is 5.32 Å². The molecule has 0 radical (unpaired) electrons. The molecule has 10 heteroatoms. The molecule has 1 atom stereocenters. The Morgan fingerprint density at radius 3 is 2.43 bits per heavy atom. The highest BCUT2D eigenvalue weighted by molar-refractivity contribution is 7.92. The number of sulfone groups is 2. The lowest BCUT2D eigenvalue weighted by atomic mass is 10.2. The molecule has 1 aromatic carbocycles. The van der Waals surface area contributed by atoms with Gasteiger partial charge >= 0.3 is 0 Å². The highest BCUT2D eigenvalue weighted by Crippen LogP contribution is 2.28. The summed E-state index contributed by atoms with van der Waals surface area (Å²) in [7, 11) is -6.91. The molecule has 2 rings (SSSR count). The van der Waals surface area contributed by atoms with E-state index in [1.165, 1.54) is 12.5 Å². The number of hydrogen-bond donors (Lipinski definition) is 1. The zero-order chi connectivity index (χ0) is 20.8. The number of benzene rings is 1. The fourth-order valence-corrected chi connectivity index (χ4v) is 5.26. The van der Waals surface area contributed by atoms with Crippen molar-refractivity contribution in [3.63, 3.8) is 0 Å². The van der Waals surface area contributed by atoms with Gasteiger partial charge in [0, 0.05) is 17.7 Å². The number of aromatic nitrogens is 2. The maximum atomic E-state index is 13.1. The van der Waals surface area contributed by atoms with Gasteiger partial charge in [-0.3, -0.25) is 0 Å². The zero-order valence-electron chi connectivity index (χ0n) is 15.7. The molecule has 0 fully saturated rings. The Morgan fingerprint density at radius 2 is 1.86 bits per heavy atom. The quantitative estimate of drug-likeness (QED) is 0.652. The Bertz CT molecular complexity index is 1060. The number of nitriles is 1. The summed E-state index contributed by atoms with van der Waals surface area (Å²) in [6.45, 7) is 1.75. The molecule has 1 heterocycles. The highest BCUT2D eigenvalue weighted by Gasteiger charge is 2.29. The van der Waals surface area contributed by atoms with Gasteiger partial charge in [-0.15, -0.1) is 0 Å². The average molecular weight is 423 g/mol. The summed E-state index contributed by atoms with van der Waals surface area (Å²) >= 11 is 0. The molecule has 1 aromatic heterocycles. The van der Waals surface area contributed by atoms with Crippen molar-refractivity contribution in [2.75, 3.05) is 17.3 Å².